The molecule has 7 heteroatoms. The van der Waals surface area contributed by atoms with Gasteiger partial charge in [-0.1, -0.05) is 0 Å². The Bertz CT molecular complexity index is 922. The maximum absolute atomic E-state index is 13.6. The summed E-state index contributed by atoms with van der Waals surface area (Å²) in [4.78, 5) is 46.1. The minimum absolute atomic E-state index is 0.0117. The van der Waals surface area contributed by atoms with E-state index in [1.54, 1.807) is 13.8 Å². The standard InChI is InChI=1S/C26H37N3O4/c1-4-33-24(31)23-16(2)22(17(3)27-23)21(30)15-28-5-7-29(8-6-28)25(32)26-12-18-9-19(13-26)11-20(10-18)14-26/h18-20,27H,4-15H2,1-3H3. The van der Waals surface area contributed by atoms with Crippen molar-refractivity contribution >= 4 is 17.7 Å². The first-order valence-electron chi connectivity index (χ1n) is 12.7. The summed E-state index contributed by atoms with van der Waals surface area (Å²) in [5, 5.41) is 0. The van der Waals surface area contributed by atoms with Crippen molar-refractivity contribution in [2.45, 2.75) is 59.3 Å². The Balaban J connectivity index is 1.19. The smallest absolute Gasteiger partial charge is 0.355 e. The number of aromatic amines is 1. The van der Waals surface area contributed by atoms with Gasteiger partial charge in [-0.15, -0.1) is 0 Å². The second-order valence-electron chi connectivity index (χ2n) is 11.0. The van der Waals surface area contributed by atoms with E-state index in [0.717, 1.165) is 50.1 Å². The highest BCUT2D eigenvalue weighted by Gasteiger charge is 2.55. The lowest BCUT2D eigenvalue weighted by molar-refractivity contribution is -0.159. The maximum Gasteiger partial charge on any atom is 0.355 e. The molecule has 1 saturated heterocycles. The van der Waals surface area contributed by atoms with Gasteiger partial charge in [-0.3, -0.25) is 14.5 Å². The molecule has 5 aliphatic rings. The van der Waals surface area contributed by atoms with Gasteiger partial charge in [-0.25, -0.2) is 4.79 Å². The summed E-state index contributed by atoms with van der Waals surface area (Å²) in [6.07, 6.45) is 7.34. The molecule has 6 rings (SSSR count). The van der Waals surface area contributed by atoms with Crippen molar-refractivity contribution in [1.82, 2.24) is 14.8 Å². The van der Waals surface area contributed by atoms with Crippen molar-refractivity contribution in [3.05, 3.63) is 22.5 Å². The molecule has 1 amide bonds. The van der Waals surface area contributed by atoms with Gasteiger partial charge in [0.25, 0.3) is 0 Å². The third-order valence-corrected chi connectivity index (χ3v) is 8.71. The summed E-state index contributed by atoms with van der Waals surface area (Å²) in [6.45, 7) is 8.83. The Morgan fingerprint density at radius 1 is 0.970 bits per heavy atom. The molecule has 5 fully saturated rings. The lowest BCUT2D eigenvalue weighted by atomic mass is 9.49. The number of hydrogen-bond donors (Lipinski definition) is 1. The largest absolute Gasteiger partial charge is 0.461 e. The molecule has 0 atom stereocenters. The van der Waals surface area contributed by atoms with E-state index in [2.05, 4.69) is 14.8 Å². The fraction of sp³-hybridized carbons (Fsp3) is 0.731. The fourth-order valence-corrected chi connectivity index (χ4v) is 7.67. The Kier molecular flexibility index (Phi) is 5.88. The Labute approximate surface area is 196 Å². The van der Waals surface area contributed by atoms with E-state index in [0.29, 0.717) is 54.7 Å². The summed E-state index contributed by atoms with van der Waals surface area (Å²) in [6, 6.07) is 0. The molecule has 2 heterocycles. The number of H-pyrrole nitrogens is 1. The van der Waals surface area contributed by atoms with Gasteiger partial charge in [0.2, 0.25) is 5.91 Å². The number of piperazine rings is 1. The van der Waals surface area contributed by atoms with Gasteiger partial charge in [-0.2, -0.15) is 0 Å². The van der Waals surface area contributed by atoms with Crippen LogP contribution < -0.4 is 0 Å². The van der Waals surface area contributed by atoms with Gasteiger partial charge in [0.15, 0.2) is 5.78 Å². The number of ether oxygens (including phenoxy) is 1. The highest BCUT2D eigenvalue weighted by molar-refractivity contribution is 6.03. The second-order valence-corrected chi connectivity index (χ2v) is 11.0. The molecule has 33 heavy (non-hydrogen) atoms. The summed E-state index contributed by atoms with van der Waals surface area (Å²) in [7, 11) is 0. The number of carbonyl (C=O) groups excluding carboxylic acids is 3. The van der Waals surface area contributed by atoms with Crippen LogP contribution >= 0.6 is 0 Å². The Morgan fingerprint density at radius 3 is 2.09 bits per heavy atom. The molecule has 4 bridgehead atoms. The van der Waals surface area contributed by atoms with Crippen LogP contribution in [0.2, 0.25) is 0 Å². The number of Topliss-reactive ketones (excluding diaryl/α,β-unsaturated/α-hetero) is 1. The van der Waals surface area contributed by atoms with E-state index in [9.17, 15) is 14.4 Å². The number of nitrogens with zero attached hydrogens (tertiary/aromatic N) is 2. The number of carbonyl (C=O) groups is 3. The molecule has 1 aromatic rings. The number of ketones is 1. The number of aryl methyl sites for hydroxylation is 1. The SMILES string of the molecule is CCOC(=O)c1[nH]c(C)c(C(=O)CN2CCN(C(=O)C34CC5CC(CC(C5)C3)C4)CC2)c1C. The number of esters is 1. The molecule has 0 aromatic carbocycles. The van der Waals surface area contributed by atoms with Gasteiger partial charge in [0.1, 0.15) is 5.69 Å². The molecule has 4 aliphatic carbocycles. The number of rotatable bonds is 6. The average Bonchev–Trinajstić information content (AvgIpc) is 3.07. The predicted octanol–water partition coefficient (Wildman–Crippen LogP) is 3.35. The van der Waals surface area contributed by atoms with Crippen molar-refractivity contribution in [1.29, 1.82) is 0 Å². The summed E-state index contributed by atoms with van der Waals surface area (Å²) in [5.41, 5.74) is 2.23. The first-order chi connectivity index (χ1) is 15.8. The average molecular weight is 456 g/mol. The molecule has 1 aliphatic heterocycles. The molecular formula is C26H37N3O4. The van der Waals surface area contributed by atoms with Gasteiger partial charge >= 0.3 is 5.97 Å². The molecule has 1 aromatic heterocycles. The molecule has 7 nitrogen and oxygen atoms in total. The van der Waals surface area contributed by atoms with Gasteiger partial charge < -0.3 is 14.6 Å². The minimum Gasteiger partial charge on any atom is -0.461 e. The molecule has 1 N–H and O–H groups in total. The van der Waals surface area contributed by atoms with E-state index in [4.69, 9.17) is 4.74 Å². The maximum atomic E-state index is 13.6. The topological polar surface area (TPSA) is 82.7 Å². The number of amides is 1. The van der Waals surface area contributed by atoms with Crippen LogP contribution in [0.15, 0.2) is 0 Å². The first-order valence-corrected chi connectivity index (χ1v) is 12.7. The van der Waals surface area contributed by atoms with Crippen LogP contribution in [0.4, 0.5) is 0 Å². The van der Waals surface area contributed by atoms with Gasteiger partial charge in [-0.05, 0) is 82.6 Å². The van der Waals surface area contributed by atoms with Crippen molar-refractivity contribution in [2.24, 2.45) is 23.2 Å². The van der Waals surface area contributed by atoms with Crippen LogP contribution in [-0.2, 0) is 9.53 Å². The van der Waals surface area contributed by atoms with E-state index in [1.165, 1.54) is 19.3 Å². The third kappa shape index (κ3) is 4.02. The van der Waals surface area contributed by atoms with E-state index < -0.39 is 5.97 Å². The van der Waals surface area contributed by atoms with Crippen molar-refractivity contribution in [2.75, 3.05) is 39.3 Å². The van der Waals surface area contributed by atoms with Crippen LogP contribution in [0.3, 0.4) is 0 Å². The van der Waals surface area contributed by atoms with Crippen LogP contribution in [-0.4, -0.2) is 71.8 Å². The second kappa shape index (κ2) is 8.57. The normalized spacial score (nSPS) is 31.1. The number of hydrogen-bond acceptors (Lipinski definition) is 5. The Hall–Kier alpha value is -2.15. The van der Waals surface area contributed by atoms with E-state index in [1.807, 2.05) is 6.92 Å². The first kappa shape index (κ1) is 22.6. The lowest BCUT2D eigenvalue weighted by Gasteiger charge is -2.57. The fourth-order valence-electron chi connectivity index (χ4n) is 7.67. The summed E-state index contributed by atoms with van der Waals surface area (Å²) in [5.74, 6) is 2.29. The molecule has 0 radical (unpaired) electrons. The zero-order valence-corrected chi connectivity index (χ0v) is 20.2. The Morgan fingerprint density at radius 2 is 1.55 bits per heavy atom. The lowest BCUT2D eigenvalue weighted by Crippen LogP contribution is -2.58. The van der Waals surface area contributed by atoms with Crippen LogP contribution in [0.25, 0.3) is 0 Å². The molecule has 180 valence electrons. The van der Waals surface area contributed by atoms with Crippen molar-refractivity contribution in [3.63, 3.8) is 0 Å². The summed E-state index contributed by atoms with van der Waals surface area (Å²) >= 11 is 0. The quantitative estimate of drug-likeness (QED) is 0.525. The molecular weight excluding hydrogens is 418 g/mol. The van der Waals surface area contributed by atoms with Crippen LogP contribution in [0.5, 0.6) is 0 Å². The van der Waals surface area contributed by atoms with Crippen LogP contribution in [0, 0.1) is 37.0 Å². The number of nitrogens with one attached hydrogen (secondary N) is 1. The highest BCUT2D eigenvalue weighted by atomic mass is 16.5. The molecule has 4 saturated carbocycles. The van der Waals surface area contributed by atoms with Gasteiger partial charge in [0.05, 0.1) is 18.6 Å². The highest BCUT2D eigenvalue weighted by Crippen LogP contribution is 2.60. The predicted molar refractivity (Wildman–Crippen MR) is 124 cm³/mol. The van der Waals surface area contributed by atoms with Crippen molar-refractivity contribution < 1.29 is 19.1 Å². The zero-order chi connectivity index (χ0) is 23.3. The zero-order valence-electron chi connectivity index (χ0n) is 20.2. The van der Waals surface area contributed by atoms with Gasteiger partial charge in [0, 0.05) is 37.4 Å². The molecule has 0 unspecified atom stereocenters. The molecule has 0 spiro atoms. The van der Waals surface area contributed by atoms with E-state index >= 15 is 0 Å². The monoisotopic (exact) mass is 455 g/mol. The van der Waals surface area contributed by atoms with Crippen molar-refractivity contribution in [3.8, 4) is 0 Å². The summed E-state index contributed by atoms with van der Waals surface area (Å²) < 4.78 is 5.10. The minimum atomic E-state index is -0.422. The van der Waals surface area contributed by atoms with E-state index in [-0.39, 0.29) is 11.2 Å². The number of aromatic nitrogens is 1. The third-order valence-electron chi connectivity index (χ3n) is 8.71. The van der Waals surface area contributed by atoms with Crippen LogP contribution in [0.1, 0.15) is 77.6 Å².